The van der Waals surface area contributed by atoms with Gasteiger partial charge in [-0.25, -0.2) is 4.68 Å². The molecule has 3 atom stereocenters. The minimum atomic E-state index is -0.700. The quantitative estimate of drug-likeness (QED) is 0.857. The summed E-state index contributed by atoms with van der Waals surface area (Å²) in [4.78, 5) is 13.6. The monoisotopic (exact) mass is 279 g/mol. The molecule has 2 fully saturated rings. The Morgan fingerprint density at radius 2 is 2.30 bits per heavy atom. The van der Waals surface area contributed by atoms with Crippen molar-refractivity contribution in [3.63, 3.8) is 0 Å². The Morgan fingerprint density at radius 1 is 1.45 bits per heavy atom. The minimum absolute atomic E-state index is 0.308. The molecule has 0 amide bonds. The first-order valence-corrected chi connectivity index (χ1v) is 7.42. The van der Waals surface area contributed by atoms with Gasteiger partial charge in [0.2, 0.25) is 0 Å². The number of aromatic nitrogens is 4. The van der Waals surface area contributed by atoms with Gasteiger partial charge in [-0.2, -0.15) is 0 Å². The zero-order valence-electron chi connectivity index (χ0n) is 11.8. The molecule has 1 N–H and O–H groups in total. The normalized spacial score (nSPS) is 29.8. The lowest BCUT2D eigenvalue weighted by atomic mass is 9.94. The standard InChI is InChI=1S/C13H21N5O2/c1-2-6-18-11(14-15-16-18)8-17-7-9-4-3-5-10(9)12(17)13(19)20/h9-10,12H,2-8H2,1H3,(H,19,20). The Morgan fingerprint density at radius 3 is 3.05 bits per heavy atom. The van der Waals surface area contributed by atoms with Crippen LogP contribution in [0.1, 0.15) is 38.4 Å². The third-order valence-electron chi connectivity index (χ3n) is 4.62. The number of likely N-dealkylation sites (tertiary alicyclic amines) is 1. The van der Waals surface area contributed by atoms with E-state index in [1.165, 1.54) is 6.42 Å². The maximum atomic E-state index is 11.6. The van der Waals surface area contributed by atoms with Gasteiger partial charge in [0.25, 0.3) is 0 Å². The molecule has 0 bridgehead atoms. The molecule has 0 radical (unpaired) electrons. The number of tetrazole rings is 1. The summed E-state index contributed by atoms with van der Waals surface area (Å²) in [6.45, 7) is 4.25. The number of aryl methyl sites for hydroxylation is 1. The fourth-order valence-electron chi connectivity index (χ4n) is 3.80. The van der Waals surface area contributed by atoms with E-state index in [4.69, 9.17) is 0 Å². The summed E-state index contributed by atoms with van der Waals surface area (Å²) in [6, 6.07) is -0.366. The van der Waals surface area contributed by atoms with E-state index in [0.717, 1.165) is 38.2 Å². The number of nitrogens with zero attached hydrogens (tertiary/aromatic N) is 5. The van der Waals surface area contributed by atoms with Crippen molar-refractivity contribution in [3.05, 3.63) is 5.82 Å². The summed E-state index contributed by atoms with van der Waals surface area (Å²) in [7, 11) is 0. The molecule has 3 unspecified atom stereocenters. The van der Waals surface area contributed by atoms with E-state index in [0.29, 0.717) is 18.4 Å². The Hall–Kier alpha value is -1.50. The van der Waals surface area contributed by atoms with Crippen molar-refractivity contribution in [2.24, 2.45) is 11.8 Å². The molecule has 1 saturated heterocycles. The summed E-state index contributed by atoms with van der Waals surface area (Å²) in [5.74, 6) is 0.918. The Kier molecular flexibility index (Phi) is 3.69. The molecule has 7 nitrogen and oxygen atoms in total. The minimum Gasteiger partial charge on any atom is -0.480 e. The van der Waals surface area contributed by atoms with Gasteiger partial charge in [-0.15, -0.1) is 5.10 Å². The van der Waals surface area contributed by atoms with Crippen LogP contribution in [0.15, 0.2) is 0 Å². The van der Waals surface area contributed by atoms with Gasteiger partial charge in [0.1, 0.15) is 6.04 Å². The maximum absolute atomic E-state index is 11.6. The third kappa shape index (κ3) is 2.30. The Balaban J connectivity index is 1.76. The highest BCUT2D eigenvalue weighted by atomic mass is 16.4. The molecular formula is C13H21N5O2. The number of aliphatic carboxylic acids is 1. The van der Waals surface area contributed by atoms with Crippen LogP contribution in [-0.4, -0.2) is 48.8 Å². The second-order valence-corrected chi connectivity index (χ2v) is 5.89. The van der Waals surface area contributed by atoms with Crippen molar-refractivity contribution in [1.29, 1.82) is 0 Å². The van der Waals surface area contributed by atoms with Crippen molar-refractivity contribution >= 4 is 5.97 Å². The Bertz CT molecular complexity index is 489. The van der Waals surface area contributed by atoms with Crippen molar-refractivity contribution in [2.75, 3.05) is 6.54 Å². The number of hydrogen-bond acceptors (Lipinski definition) is 5. The fourth-order valence-corrected chi connectivity index (χ4v) is 3.80. The summed E-state index contributed by atoms with van der Waals surface area (Å²) in [5, 5.41) is 21.3. The SMILES string of the molecule is CCCn1nnnc1CN1CC2CCCC2C1C(=O)O. The number of carboxylic acid groups (broad SMARTS) is 1. The molecule has 1 aromatic rings. The van der Waals surface area contributed by atoms with Crippen LogP contribution in [0.3, 0.4) is 0 Å². The van der Waals surface area contributed by atoms with E-state index in [9.17, 15) is 9.90 Å². The first kappa shape index (κ1) is 13.5. The molecule has 20 heavy (non-hydrogen) atoms. The van der Waals surface area contributed by atoms with Crippen LogP contribution in [0.5, 0.6) is 0 Å². The molecule has 0 spiro atoms. The summed E-state index contributed by atoms with van der Waals surface area (Å²) >= 11 is 0. The van der Waals surface area contributed by atoms with Gasteiger partial charge >= 0.3 is 5.97 Å². The molecular weight excluding hydrogens is 258 g/mol. The van der Waals surface area contributed by atoms with Crippen LogP contribution in [0.2, 0.25) is 0 Å². The van der Waals surface area contributed by atoms with Gasteiger partial charge in [-0.05, 0) is 41.5 Å². The topological polar surface area (TPSA) is 84.1 Å². The number of carboxylic acids is 1. The van der Waals surface area contributed by atoms with Crippen LogP contribution in [0.25, 0.3) is 0 Å². The highest BCUT2D eigenvalue weighted by Crippen LogP contribution is 2.42. The molecule has 2 heterocycles. The molecule has 7 heteroatoms. The van der Waals surface area contributed by atoms with Crippen LogP contribution in [0, 0.1) is 11.8 Å². The maximum Gasteiger partial charge on any atom is 0.321 e. The second-order valence-electron chi connectivity index (χ2n) is 5.89. The van der Waals surface area contributed by atoms with Crippen LogP contribution >= 0.6 is 0 Å². The fraction of sp³-hybridized carbons (Fsp3) is 0.846. The van der Waals surface area contributed by atoms with E-state index in [-0.39, 0.29) is 6.04 Å². The van der Waals surface area contributed by atoms with Crippen molar-refractivity contribution < 1.29 is 9.90 Å². The van der Waals surface area contributed by atoms with Crippen LogP contribution < -0.4 is 0 Å². The molecule has 110 valence electrons. The highest BCUT2D eigenvalue weighted by Gasteiger charge is 2.47. The van der Waals surface area contributed by atoms with Crippen LogP contribution in [0.4, 0.5) is 0 Å². The first-order chi connectivity index (χ1) is 9.70. The third-order valence-corrected chi connectivity index (χ3v) is 4.62. The van der Waals surface area contributed by atoms with Gasteiger partial charge < -0.3 is 5.11 Å². The molecule has 1 aliphatic carbocycles. The van der Waals surface area contributed by atoms with E-state index in [1.54, 1.807) is 4.68 Å². The molecule has 1 aliphatic heterocycles. The number of hydrogen-bond donors (Lipinski definition) is 1. The predicted octanol–water partition coefficient (Wildman–Crippen LogP) is 0.768. The molecule has 0 aromatic carbocycles. The van der Waals surface area contributed by atoms with E-state index in [2.05, 4.69) is 27.3 Å². The zero-order valence-corrected chi connectivity index (χ0v) is 11.8. The lowest BCUT2D eigenvalue weighted by Gasteiger charge is -2.23. The lowest BCUT2D eigenvalue weighted by molar-refractivity contribution is -0.143. The van der Waals surface area contributed by atoms with Crippen molar-refractivity contribution in [1.82, 2.24) is 25.1 Å². The molecule has 1 saturated carbocycles. The highest BCUT2D eigenvalue weighted by molar-refractivity contribution is 5.74. The Labute approximate surface area is 117 Å². The largest absolute Gasteiger partial charge is 0.480 e. The van der Waals surface area contributed by atoms with E-state index >= 15 is 0 Å². The van der Waals surface area contributed by atoms with E-state index in [1.807, 2.05) is 0 Å². The average molecular weight is 279 g/mol. The summed E-state index contributed by atoms with van der Waals surface area (Å²) in [6.07, 6.45) is 4.33. The number of rotatable bonds is 5. The molecule has 1 aromatic heterocycles. The smallest absolute Gasteiger partial charge is 0.321 e. The predicted molar refractivity (Wildman–Crippen MR) is 70.8 cm³/mol. The summed E-state index contributed by atoms with van der Waals surface area (Å²) < 4.78 is 1.78. The van der Waals surface area contributed by atoms with Gasteiger partial charge in [-0.3, -0.25) is 9.69 Å². The summed E-state index contributed by atoms with van der Waals surface area (Å²) in [5.41, 5.74) is 0. The number of fused-ring (bicyclic) bond motifs is 1. The van der Waals surface area contributed by atoms with Crippen LogP contribution in [-0.2, 0) is 17.9 Å². The first-order valence-electron chi connectivity index (χ1n) is 7.42. The second kappa shape index (κ2) is 5.47. The number of carbonyl (C=O) groups is 1. The van der Waals surface area contributed by atoms with Gasteiger partial charge in [0, 0.05) is 13.1 Å². The van der Waals surface area contributed by atoms with Crippen molar-refractivity contribution in [2.45, 2.75) is 51.7 Å². The van der Waals surface area contributed by atoms with Gasteiger partial charge in [0.15, 0.2) is 5.82 Å². The lowest BCUT2D eigenvalue weighted by Crippen LogP contribution is -2.39. The van der Waals surface area contributed by atoms with Gasteiger partial charge in [0.05, 0.1) is 6.54 Å². The zero-order chi connectivity index (χ0) is 14.1. The average Bonchev–Trinajstić information content (AvgIpc) is 3.06. The molecule has 3 rings (SSSR count). The molecule has 2 aliphatic rings. The van der Waals surface area contributed by atoms with Gasteiger partial charge in [-0.1, -0.05) is 13.3 Å². The van der Waals surface area contributed by atoms with E-state index < -0.39 is 5.97 Å². The van der Waals surface area contributed by atoms with Crippen molar-refractivity contribution in [3.8, 4) is 0 Å².